The van der Waals surface area contributed by atoms with Gasteiger partial charge in [-0.3, -0.25) is 4.79 Å². The van der Waals surface area contributed by atoms with Crippen LogP contribution in [0.4, 0.5) is 0 Å². The number of allylic oxidation sites excluding steroid dienone is 1. The molecule has 0 saturated carbocycles. The molecule has 180 valence electrons. The minimum atomic E-state index is 0.00556. The van der Waals surface area contributed by atoms with Crippen molar-refractivity contribution in [1.82, 2.24) is 4.90 Å². The number of likely N-dealkylation sites (tertiary alicyclic amines) is 1. The Morgan fingerprint density at radius 3 is 2.74 bits per heavy atom. The van der Waals surface area contributed by atoms with Gasteiger partial charge in [0.1, 0.15) is 5.75 Å². The number of fused-ring (bicyclic) bond motifs is 3. The number of carbonyl (C=O) groups is 1. The summed E-state index contributed by atoms with van der Waals surface area (Å²) in [6.45, 7) is 2.78. The fraction of sp³-hybridized carbons (Fsp3) is 0.345. The largest absolute Gasteiger partial charge is 0.492 e. The predicted molar refractivity (Wildman–Crippen MR) is 144 cm³/mol. The van der Waals surface area contributed by atoms with Gasteiger partial charge in [0.05, 0.1) is 15.7 Å². The molecule has 35 heavy (non-hydrogen) atoms. The molecule has 0 atom stereocenters. The van der Waals surface area contributed by atoms with E-state index in [1.54, 1.807) is 11.3 Å². The highest BCUT2D eigenvalue weighted by Gasteiger charge is 2.44. The van der Waals surface area contributed by atoms with Crippen LogP contribution in [0, 0.1) is 0 Å². The molecular weight excluding hydrogens is 472 g/mol. The average Bonchev–Trinajstić information content (AvgIpc) is 3.46. The number of benzene rings is 2. The fourth-order valence-electron chi connectivity index (χ4n) is 5.54. The van der Waals surface area contributed by atoms with E-state index < -0.39 is 0 Å². The molecule has 2 N–H and O–H groups in total. The number of thiophene rings is 1. The lowest BCUT2D eigenvalue weighted by Crippen LogP contribution is -2.46. The summed E-state index contributed by atoms with van der Waals surface area (Å²) in [6.07, 6.45) is 8.30. The summed E-state index contributed by atoms with van der Waals surface area (Å²) in [7, 11) is 0. The number of nitrogens with zero attached hydrogens (tertiary/aromatic N) is 1. The third kappa shape index (κ3) is 4.22. The van der Waals surface area contributed by atoms with Crippen LogP contribution in [0.2, 0.25) is 0 Å². The first-order valence-corrected chi connectivity index (χ1v) is 14.2. The second-order valence-electron chi connectivity index (χ2n) is 9.72. The van der Waals surface area contributed by atoms with Gasteiger partial charge in [-0.15, -0.1) is 23.1 Å². The lowest BCUT2D eigenvalue weighted by Gasteiger charge is -2.38. The van der Waals surface area contributed by atoms with Crippen LogP contribution < -0.4 is 10.5 Å². The number of rotatable bonds is 5. The number of piperidine rings is 1. The molecule has 3 heterocycles. The van der Waals surface area contributed by atoms with Gasteiger partial charge in [0.25, 0.3) is 5.91 Å². The maximum absolute atomic E-state index is 13.8. The number of amides is 1. The van der Waals surface area contributed by atoms with Crippen LogP contribution in [0.15, 0.2) is 58.8 Å². The van der Waals surface area contributed by atoms with E-state index in [0.29, 0.717) is 13.2 Å². The van der Waals surface area contributed by atoms with E-state index in [1.807, 2.05) is 11.8 Å². The molecule has 2 aromatic carbocycles. The zero-order valence-electron chi connectivity index (χ0n) is 19.8. The Morgan fingerprint density at radius 1 is 1.11 bits per heavy atom. The molecule has 6 heteroatoms. The van der Waals surface area contributed by atoms with Crippen LogP contribution >= 0.6 is 23.1 Å². The van der Waals surface area contributed by atoms with Gasteiger partial charge in [0.2, 0.25) is 0 Å². The molecule has 1 amide bonds. The normalized spacial score (nSPS) is 17.8. The van der Waals surface area contributed by atoms with Crippen molar-refractivity contribution < 1.29 is 9.53 Å². The van der Waals surface area contributed by atoms with Crippen molar-refractivity contribution in [2.75, 3.05) is 19.7 Å². The van der Waals surface area contributed by atoms with E-state index in [9.17, 15) is 4.79 Å². The van der Waals surface area contributed by atoms with Gasteiger partial charge in [-0.1, -0.05) is 54.6 Å². The van der Waals surface area contributed by atoms with Crippen molar-refractivity contribution in [3.63, 3.8) is 0 Å². The summed E-state index contributed by atoms with van der Waals surface area (Å²) in [5, 5.41) is 0. The highest BCUT2D eigenvalue weighted by atomic mass is 32.2. The molecule has 6 rings (SSSR count). The van der Waals surface area contributed by atoms with E-state index in [0.717, 1.165) is 60.7 Å². The Kier molecular flexibility index (Phi) is 6.21. The van der Waals surface area contributed by atoms with E-state index in [2.05, 4.69) is 65.6 Å². The lowest BCUT2D eigenvalue weighted by molar-refractivity contribution is 0.0650. The number of hydrogen-bond acceptors (Lipinski definition) is 5. The number of nitrogens with two attached hydrogens (primary N) is 1. The Balaban J connectivity index is 1.20. The van der Waals surface area contributed by atoms with Crippen molar-refractivity contribution in [3.8, 4) is 5.75 Å². The fourth-order valence-corrected chi connectivity index (χ4v) is 8.07. The molecule has 4 nitrogen and oxygen atoms in total. The van der Waals surface area contributed by atoms with Gasteiger partial charge in [0.15, 0.2) is 0 Å². The third-order valence-corrected chi connectivity index (χ3v) is 10.2. The zero-order valence-corrected chi connectivity index (χ0v) is 21.4. The molecule has 1 aromatic heterocycles. The predicted octanol–water partition coefficient (Wildman–Crippen LogP) is 6.02. The first-order chi connectivity index (χ1) is 17.2. The number of hydrogen-bond donors (Lipinski definition) is 1. The highest BCUT2D eigenvalue weighted by molar-refractivity contribution is 8.00. The summed E-state index contributed by atoms with van der Waals surface area (Å²) < 4.78 is 7.33. The van der Waals surface area contributed by atoms with E-state index in [1.165, 1.54) is 26.5 Å². The van der Waals surface area contributed by atoms with Crippen molar-refractivity contribution in [3.05, 3.63) is 87.3 Å². The van der Waals surface area contributed by atoms with Crippen LogP contribution in [0.5, 0.6) is 5.75 Å². The molecule has 0 unspecified atom stereocenters. The van der Waals surface area contributed by atoms with E-state index in [4.69, 9.17) is 10.5 Å². The lowest BCUT2D eigenvalue weighted by atomic mass is 9.74. The summed E-state index contributed by atoms with van der Waals surface area (Å²) in [5.41, 5.74) is 12.2. The second kappa shape index (κ2) is 9.49. The Hall–Kier alpha value is -2.54. The SMILES string of the molecule is NCc1ccc2c(c1)C1(CCN(C(=O)c3sc(SCc4ccccc4)c4c3CCC=C4)CC1)CO2. The summed E-state index contributed by atoms with van der Waals surface area (Å²) in [6, 6.07) is 16.9. The Bertz CT molecular complexity index is 1270. The molecule has 3 aliphatic rings. The van der Waals surface area contributed by atoms with Crippen molar-refractivity contribution in [2.45, 2.75) is 47.6 Å². The van der Waals surface area contributed by atoms with Crippen LogP contribution in [0.3, 0.4) is 0 Å². The van der Waals surface area contributed by atoms with Crippen molar-refractivity contribution >= 4 is 35.1 Å². The number of thioether (sulfide) groups is 1. The first kappa shape index (κ1) is 22.9. The van der Waals surface area contributed by atoms with Gasteiger partial charge in [-0.05, 0) is 48.4 Å². The Morgan fingerprint density at radius 2 is 1.94 bits per heavy atom. The molecule has 1 spiro atoms. The molecule has 1 saturated heterocycles. The minimum Gasteiger partial charge on any atom is -0.492 e. The molecular formula is C29H30N2O2S2. The summed E-state index contributed by atoms with van der Waals surface area (Å²) in [5.74, 6) is 2.12. The highest BCUT2D eigenvalue weighted by Crippen LogP contribution is 2.47. The quantitative estimate of drug-likeness (QED) is 0.433. The first-order valence-electron chi connectivity index (χ1n) is 12.4. The molecule has 2 aliphatic heterocycles. The van der Waals surface area contributed by atoms with Crippen LogP contribution in [0.1, 0.15) is 56.8 Å². The van der Waals surface area contributed by atoms with Crippen molar-refractivity contribution in [1.29, 1.82) is 0 Å². The standard InChI is InChI=1S/C29H30N2O2S2/c30-17-21-10-11-25-24(16-21)29(19-33-25)12-14-31(15-13-29)27(32)26-22-8-4-5-9-23(22)28(35-26)34-18-20-6-2-1-3-7-20/h1-3,5-7,9-11,16H,4,8,12-15,17-19,30H2. The van der Waals surface area contributed by atoms with Gasteiger partial charge < -0.3 is 15.4 Å². The van der Waals surface area contributed by atoms with Gasteiger partial charge >= 0.3 is 0 Å². The maximum atomic E-state index is 13.8. The summed E-state index contributed by atoms with van der Waals surface area (Å²) in [4.78, 5) is 16.8. The number of carbonyl (C=O) groups excluding carboxylic acids is 1. The van der Waals surface area contributed by atoms with Gasteiger partial charge in [0, 0.05) is 41.9 Å². The average molecular weight is 503 g/mol. The maximum Gasteiger partial charge on any atom is 0.264 e. The van der Waals surface area contributed by atoms with Crippen molar-refractivity contribution in [2.24, 2.45) is 5.73 Å². The molecule has 0 radical (unpaired) electrons. The van der Waals surface area contributed by atoms with Crippen LogP contribution in [0.25, 0.3) is 6.08 Å². The van der Waals surface area contributed by atoms with Crippen LogP contribution in [-0.2, 0) is 24.1 Å². The zero-order chi connectivity index (χ0) is 23.8. The molecule has 1 aliphatic carbocycles. The topological polar surface area (TPSA) is 55.6 Å². The van der Waals surface area contributed by atoms with E-state index in [-0.39, 0.29) is 11.3 Å². The molecule has 0 bridgehead atoms. The van der Waals surface area contributed by atoms with Gasteiger partial charge in [-0.25, -0.2) is 0 Å². The number of ether oxygens (including phenoxy) is 1. The van der Waals surface area contributed by atoms with E-state index >= 15 is 0 Å². The smallest absolute Gasteiger partial charge is 0.264 e. The monoisotopic (exact) mass is 502 g/mol. The van der Waals surface area contributed by atoms with Gasteiger partial charge in [-0.2, -0.15) is 0 Å². The third-order valence-electron chi connectivity index (χ3n) is 7.63. The van der Waals surface area contributed by atoms with Crippen LogP contribution in [-0.4, -0.2) is 30.5 Å². The molecule has 1 fully saturated rings. The second-order valence-corrected chi connectivity index (χ2v) is 12.0. The molecule has 3 aromatic rings. The summed E-state index contributed by atoms with van der Waals surface area (Å²) >= 11 is 3.55. The Labute approximate surface area is 215 Å². The minimum absolute atomic E-state index is 0.00556.